The van der Waals surface area contributed by atoms with Gasteiger partial charge in [0.15, 0.2) is 0 Å². The molecule has 0 aliphatic rings. The van der Waals surface area contributed by atoms with Crippen molar-refractivity contribution < 1.29 is 22.4 Å². The quantitative estimate of drug-likeness (QED) is 0.858. The molecule has 1 aromatic heterocycles. The van der Waals surface area contributed by atoms with Crippen molar-refractivity contribution >= 4 is 34.0 Å². The summed E-state index contributed by atoms with van der Waals surface area (Å²) in [6.45, 7) is 0. The van der Waals surface area contributed by atoms with Gasteiger partial charge in [-0.2, -0.15) is 13.2 Å². The van der Waals surface area contributed by atoms with Gasteiger partial charge in [-0.15, -0.1) is 10.2 Å². The molecule has 0 fully saturated rings. The molecule has 1 N–H and O–H groups in total. The number of amides is 1. The Kier molecular flexibility index (Phi) is 3.91. The molecular weight excluding hydrogens is 322 g/mol. The van der Waals surface area contributed by atoms with Crippen molar-refractivity contribution in [1.29, 1.82) is 0 Å². The van der Waals surface area contributed by atoms with Gasteiger partial charge in [0.2, 0.25) is 10.1 Å². The normalized spacial score (nSPS) is 11.4. The van der Waals surface area contributed by atoms with Crippen LogP contribution in [0.15, 0.2) is 18.2 Å². The number of nitrogens with one attached hydrogen (secondary N) is 1. The van der Waals surface area contributed by atoms with Crippen LogP contribution in [0.2, 0.25) is 5.02 Å². The van der Waals surface area contributed by atoms with Crippen LogP contribution in [-0.4, -0.2) is 16.1 Å². The first kappa shape index (κ1) is 14.7. The average molecular weight is 326 g/mol. The van der Waals surface area contributed by atoms with E-state index in [-0.39, 0.29) is 27.1 Å². The van der Waals surface area contributed by atoms with Crippen LogP contribution >= 0.6 is 22.9 Å². The van der Waals surface area contributed by atoms with Gasteiger partial charge < -0.3 is 0 Å². The number of hydrogen-bond donors (Lipinski definition) is 1. The Hall–Kier alpha value is -1.74. The van der Waals surface area contributed by atoms with Crippen molar-refractivity contribution in [3.8, 4) is 0 Å². The number of hydrogen-bond acceptors (Lipinski definition) is 4. The standard InChI is InChI=1S/C10H4ClF4N3OS/c11-5-3-4(1-2-6(5)12)7(19)16-9-18-17-8(20-9)10(13,14)15/h1-3H,(H,16,18,19). The molecule has 0 radical (unpaired) electrons. The Bertz CT molecular complexity index is 658. The molecule has 0 unspecified atom stereocenters. The van der Waals surface area contributed by atoms with Gasteiger partial charge in [0.1, 0.15) is 5.82 Å². The number of nitrogens with zero attached hydrogens (tertiary/aromatic N) is 2. The van der Waals surface area contributed by atoms with Crippen molar-refractivity contribution in [2.24, 2.45) is 0 Å². The number of carbonyl (C=O) groups is 1. The number of anilines is 1. The number of rotatable bonds is 2. The molecule has 0 aliphatic carbocycles. The highest BCUT2D eigenvalue weighted by molar-refractivity contribution is 7.15. The summed E-state index contributed by atoms with van der Waals surface area (Å²) in [4.78, 5) is 11.7. The Labute approximate surface area is 118 Å². The fraction of sp³-hybridized carbons (Fsp3) is 0.100. The largest absolute Gasteiger partial charge is 0.445 e. The minimum absolute atomic E-state index is 0.0137. The molecule has 20 heavy (non-hydrogen) atoms. The lowest BCUT2D eigenvalue weighted by Gasteiger charge is -2.02. The summed E-state index contributed by atoms with van der Waals surface area (Å²) < 4.78 is 49.8. The van der Waals surface area contributed by atoms with Crippen molar-refractivity contribution in [2.75, 3.05) is 5.32 Å². The lowest BCUT2D eigenvalue weighted by Crippen LogP contribution is -2.11. The second-order valence-corrected chi connectivity index (χ2v) is 4.88. The zero-order chi connectivity index (χ0) is 14.9. The summed E-state index contributed by atoms with van der Waals surface area (Å²) in [5.41, 5.74) is -0.0137. The third-order valence-corrected chi connectivity index (χ3v) is 3.24. The highest BCUT2D eigenvalue weighted by Crippen LogP contribution is 2.33. The van der Waals surface area contributed by atoms with E-state index >= 15 is 0 Å². The zero-order valence-electron chi connectivity index (χ0n) is 9.33. The van der Waals surface area contributed by atoms with Gasteiger partial charge in [-0.1, -0.05) is 22.9 Å². The van der Waals surface area contributed by atoms with Crippen molar-refractivity contribution in [2.45, 2.75) is 6.18 Å². The maximum atomic E-state index is 12.9. The summed E-state index contributed by atoms with van der Waals surface area (Å²) in [6.07, 6.45) is -4.63. The average Bonchev–Trinajstić information content (AvgIpc) is 2.81. The van der Waals surface area contributed by atoms with E-state index in [4.69, 9.17) is 11.6 Å². The topological polar surface area (TPSA) is 54.9 Å². The summed E-state index contributed by atoms with van der Waals surface area (Å²) in [6, 6.07) is 3.17. The van der Waals surface area contributed by atoms with Gasteiger partial charge in [0, 0.05) is 5.56 Å². The molecule has 0 saturated heterocycles. The summed E-state index contributed by atoms with van der Waals surface area (Å²) in [7, 11) is 0. The molecular formula is C10H4ClF4N3OS. The number of alkyl halides is 3. The van der Waals surface area contributed by atoms with E-state index in [0.717, 1.165) is 18.2 Å². The second-order valence-electron chi connectivity index (χ2n) is 3.49. The van der Waals surface area contributed by atoms with Gasteiger partial charge in [-0.05, 0) is 18.2 Å². The van der Waals surface area contributed by atoms with Crippen molar-refractivity contribution in [3.05, 3.63) is 39.6 Å². The highest BCUT2D eigenvalue weighted by Gasteiger charge is 2.35. The van der Waals surface area contributed by atoms with Gasteiger partial charge in [0.25, 0.3) is 5.91 Å². The summed E-state index contributed by atoms with van der Waals surface area (Å²) >= 11 is 5.68. The lowest BCUT2D eigenvalue weighted by molar-refractivity contribution is -0.138. The first-order valence-corrected chi connectivity index (χ1v) is 6.14. The van der Waals surface area contributed by atoms with Gasteiger partial charge >= 0.3 is 6.18 Å². The molecule has 1 amide bonds. The third kappa shape index (κ3) is 3.23. The Morgan fingerprint density at radius 2 is 2.00 bits per heavy atom. The van der Waals surface area contributed by atoms with E-state index in [1.165, 1.54) is 0 Å². The number of halogens is 5. The molecule has 1 heterocycles. The number of aromatic nitrogens is 2. The van der Waals surface area contributed by atoms with Crippen LogP contribution in [0.3, 0.4) is 0 Å². The van der Waals surface area contributed by atoms with Crippen LogP contribution in [-0.2, 0) is 6.18 Å². The molecule has 2 rings (SSSR count). The van der Waals surface area contributed by atoms with Crippen LogP contribution in [0.25, 0.3) is 0 Å². The first-order chi connectivity index (χ1) is 9.27. The van der Waals surface area contributed by atoms with Gasteiger partial charge in [-0.3, -0.25) is 10.1 Å². The molecule has 1 aromatic carbocycles. The minimum Gasteiger partial charge on any atom is -0.296 e. The smallest absolute Gasteiger partial charge is 0.296 e. The van der Waals surface area contributed by atoms with Crippen LogP contribution in [0.5, 0.6) is 0 Å². The fourth-order valence-corrected chi connectivity index (χ4v) is 1.98. The van der Waals surface area contributed by atoms with E-state index < -0.39 is 22.9 Å². The van der Waals surface area contributed by atoms with Crippen molar-refractivity contribution in [1.82, 2.24) is 10.2 Å². The van der Waals surface area contributed by atoms with E-state index in [1.807, 2.05) is 0 Å². The molecule has 0 spiro atoms. The zero-order valence-corrected chi connectivity index (χ0v) is 10.9. The third-order valence-electron chi connectivity index (χ3n) is 2.07. The molecule has 2 aromatic rings. The van der Waals surface area contributed by atoms with Crippen molar-refractivity contribution in [3.63, 3.8) is 0 Å². The monoisotopic (exact) mass is 325 g/mol. The van der Waals surface area contributed by atoms with Gasteiger partial charge in [-0.25, -0.2) is 4.39 Å². The number of benzene rings is 1. The predicted molar refractivity (Wildman–Crippen MR) is 64.3 cm³/mol. The SMILES string of the molecule is O=C(Nc1nnc(C(F)(F)F)s1)c1ccc(F)c(Cl)c1. The first-order valence-electron chi connectivity index (χ1n) is 4.94. The number of carbonyl (C=O) groups excluding carboxylic acids is 1. The van der Waals surface area contributed by atoms with Crippen LogP contribution in [0, 0.1) is 5.82 Å². The van der Waals surface area contributed by atoms with Crippen LogP contribution in [0.1, 0.15) is 15.4 Å². The molecule has 0 bridgehead atoms. The lowest BCUT2D eigenvalue weighted by atomic mass is 10.2. The van der Waals surface area contributed by atoms with E-state index in [1.54, 1.807) is 0 Å². The maximum Gasteiger partial charge on any atom is 0.445 e. The fourth-order valence-electron chi connectivity index (χ4n) is 1.19. The molecule has 0 aliphatic heterocycles. The second kappa shape index (κ2) is 5.33. The molecule has 10 heteroatoms. The minimum atomic E-state index is -4.63. The molecule has 106 valence electrons. The summed E-state index contributed by atoms with van der Waals surface area (Å²) in [5.74, 6) is -1.48. The van der Waals surface area contributed by atoms with E-state index in [9.17, 15) is 22.4 Å². The van der Waals surface area contributed by atoms with E-state index in [2.05, 4.69) is 15.5 Å². The molecule has 4 nitrogen and oxygen atoms in total. The summed E-state index contributed by atoms with van der Waals surface area (Å²) in [5, 5.41) is 6.46. The molecule has 0 saturated carbocycles. The Balaban J connectivity index is 2.15. The predicted octanol–water partition coefficient (Wildman–Crippen LogP) is 3.60. The molecule has 0 atom stereocenters. The van der Waals surface area contributed by atoms with Crippen LogP contribution in [0.4, 0.5) is 22.7 Å². The van der Waals surface area contributed by atoms with Gasteiger partial charge in [0.05, 0.1) is 5.02 Å². The Morgan fingerprint density at radius 3 is 2.55 bits per heavy atom. The maximum absolute atomic E-state index is 12.9. The Morgan fingerprint density at radius 1 is 1.30 bits per heavy atom. The van der Waals surface area contributed by atoms with E-state index in [0.29, 0.717) is 0 Å². The highest BCUT2D eigenvalue weighted by atomic mass is 35.5. The van der Waals surface area contributed by atoms with Crippen LogP contribution < -0.4 is 5.32 Å².